The molecule has 14 heavy (non-hydrogen) atoms. The first-order chi connectivity index (χ1) is 7.00. The molecule has 0 saturated heterocycles. The van der Waals surface area contributed by atoms with E-state index in [0.717, 1.165) is 6.42 Å². The molecule has 0 aromatic heterocycles. The molecule has 0 aromatic carbocycles. The van der Waals surface area contributed by atoms with E-state index in [-0.39, 0.29) is 0 Å². The largest absolute Gasteiger partial charge is 0.0885 e. The van der Waals surface area contributed by atoms with Gasteiger partial charge < -0.3 is 0 Å². The Labute approximate surface area is 87.7 Å². The predicted octanol–water partition coefficient (Wildman–Crippen LogP) is 4.37. The topological polar surface area (TPSA) is 0 Å². The lowest BCUT2D eigenvalue weighted by molar-refractivity contribution is 0.840. The molecule has 0 bridgehead atoms. The fraction of sp³-hybridized carbons (Fsp3) is 0.429. The molecule has 0 atom stereocenters. The summed E-state index contributed by atoms with van der Waals surface area (Å²) in [5.41, 5.74) is 0. The van der Waals surface area contributed by atoms with Crippen molar-refractivity contribution in [2.75, 3.05) is 0 Å². The van der Waals surface area contributed by atoms with E-state index in [1.807, 2.05) is 6.08 Å². The molecule has 0 fully saturated rings. The lowest BCUT2D eigenvalue weighted by Gasteiger charge is -1.92. The van der Waals surface area contributed by atoms with Crippen LogP contribution in [0.2, 0.25) is 0 Å². The van der Waals surface area contributed by atoms with Crippen molar-refractivity contribution in [2.24, 2.45) is 0 Å². The van der Waals surface area contributed by atoms with E-state index in [2.05, 4.69) is 42.5 Å². The van der Waals surface area contributed by atoms with Crippen LogP contribution in [0.25, 0.3) is 0 Å². The first-order valence-electron chi connectivity index (χ1n) is 5.54. The molecule has 0 heteroatoms. The highest BCUT2D eigenvalue weighted by Gasteiger charge is 1.83. The molecule has 0 aromatic rings. The van der Waals surface area contributed by atoms with Crippen LogP contribution >= 0.6 is 0 Å². The summed E-state index contributed by atoms with van der Waals surface area (Å²) in [6.45, 7) is 0. The maximum Gasteiger partial charge on any atom is -0.0227 e. The van der Waals surface area contributed by atoms with Gasteiger partial charge in [-0.15, -0.1) is 0 Å². The molecule has 75 valence electrons. The number of hydrogen-bond donors (Lipinski definition) is 0. The Morgan fingerprint density at radius 3 is 2.29 bits per heavy atom. The van der Waals surface area contributed by atoms with Gasteiger partial charge in [-0.3, -0.25) is 0 Å². The van der Waals surface area contributed by atoms with Crippen molar-refractivity contribution < 1.29 is 0 Å². The lowest BCUT2D eigenvalue weighted by atomic mass is 10.1. The van der Waals surface area contributed by atoms with Gasteiger partial charge in [0.25, 0.3) is 0 Å². The van der Waals surface area contributed by atoms with Crippen molar-refractivity contribution in [3.8, 4) is 0 Å². The summed E-state index contributed by atoms with van der Waals surface area (Å²) in [4.78, 5) is 0. The van der Waals surface area contributed by atoms with E-state index >= 15 is 0 Å². The predicted molar refractivity (Wildman–Crippen MR) is 62.9 cm³/mol. The van der Waals surface area contributed by atoms with Crippen molar-refractivity contribution >= 4 is 0 Å². The number of rotatable bonds is 0. The summed E-state index contributed by atoms with van der Waals surface area (Å²) >= 11 is 0. The standard InChI is InChI=1S/C14H19/c1-2-4-6-8-10-12-14-13-11-9-7-5-3-1/h1-4,8,11,13H,5,7,9-10,12,14H2/b3-1+,4-2+,8-6?,13-11+. The van der Waals surface area contributed by atoms with Gasteiger partial charge in [0, 0.05) is 0 Å². The second-order valence-electron chi connectivity index (χ2n) is 3.49. The Kier molecular flexibility index (Phi) is 6.74. The van der Waals surface area contributed by atoms with Crippen LogP contribution in [-0.4, -0.2) is 0 Å². The molecule has 0 amide bonds. The van der Waals surface area contributed by atoms with Gasteiger partial charge in [-0.2, -0.15) is 0 Å². The molecule has 0 N–H and O–H groups in total. The Hall–Kier alpha value is -1.04. The van der Waals surface area contributed by atoms with E-state index in [1.165, 1.54) is 32.1 Å². The molecular formula is C14H19. The van der Waals surface area contributed by atoms with Crippen molar-refractivity contribution in [3.63, 3.8) is 0 Å². The summed E-state index contributed by atoms with van der Waals surface area (Å²) in [5, 5.41) is 0. The molecule has 0 spiro atoms. The normalized spacial score (nSPS) is 28.6. The molecule has 1 aliphatic rings. The second kappa shape index (κ2) is 8.55. The summed E-state index contributed by atoms with van der Waals surface area (Å²) < 4.78 is 0. The van der Waals surface area contributed by atoms with Crippen LogP contribution in [0.3, 0.4) is 0 Å². The SMILES string of the molecule is [C]1=C/CCC/C=C/CCC/C=C/C=C/1. The van der Waals surface area contributed by atoms with Gasteiger partial charge >= 0.3 is 0 Å². The third-order valence-electron chi connectivity index (χ3n) is 2.18. The zero-order valence-electron chi connectivity index (χ0n) is 8.78. The first-order valence-corrected chi connectivity index (χ1v) is 5.54. The Balaban J connectivity index is 2.35. The van der Waals surface area contributed by atoms with Gasteiger partial charge in [-0.05, 0) is 44.6 Å². The van der Waals surface area contributed by atoms with Gasteiger partial charge in [-0.1, -0.05) is 42.5 Å². The van der Waals surface area contributed by atoms with Crippen LogP contribution < -0.4 is 0 Å². The summed E-state index contributed by atoms with van der Waals surface area (Å²) in [6, 6.07) is 0. The molecule has 0 heterocycles. The number of allylic oxidation sites excluding steroid dienone is 8. The third kappa shape index (κ3) is 6.47. The lowest BCUT2D eigenvalue weighted by Crippen LogP contribution is -1.72. The van der Waals surface area contributed by atoms with Gasteiger partial charge in [0.15, 0.2) is 0 Å². The average Bonchev–Trinajstić information content (AvgIpc) is 2.22. The van der Waals surface area contributed by atoms with Crippen LogP contribution in [0.5, 0.6) is 0 Å². The monoisotopic (exact) mass is 187 g/mol. The van der Waals surface area contributed by atoms with E-state index in [0.29, 0.717) is 0 Å². The third-order valence-corrected chi connectivity index (χ3v) is 2.18. The molecule has 1 aliphatic carbocycles. The van der Waals surface area contributed by atoms with Crippen LogP contribution in [0.1, 0.15) is 38.5 Å². The van der Waals surface area contributed by atoms with Crippen molar-refractivity contribution in [1.29, 1.82) is 0 Å². The highest BCUT2D eigenvalue weighted by Crippen LogP contribution is 2.02. The minimum atomic E-state index is 1.14. The number of hydrogen-bond acceptors (Lipinski definition) is 0. The average molecular weight is 187 g/mol. The minimum Gasteiger partial charge on any atom is -0.0885 e. The Morgan fingerprint density at radius 1 is 0.714 bits per heavy atom. The van der Waals surface area contributed by atoms with Crippen LogP contribution in [0, 0.1) is 6.08 Å². The van der Waals surface area contributed by atoms with Crippen molar-refractivity contribution in [1.82, 2.24) is 0 Å². The van der Waals surface area contributed by atoms with Crippen molar-refractivity contribution in [3.05, 3.63) is 48.6 Å². The zero-order chi connectivity index (χ0) is 9.90. The van der Waals surface area contributed by atoms with E-state index in [9.17, 15) is 0 Å². The van der Waals surface area contributed by atoms with Gasteiger partial charge in [-0.25, -0.2) is 0 Å². The second-order valence-corrected chi connectivity index (χ2v) is 3.49. The van der Waals surface area contributed by atoms with Gasteiger partial charge in [0.05, 0.1) is 0 Å². The highest BCUT2D eigenvalue weighted by atomic mass is 13.9. The molecular weight excluding hydrogens is 168 g/mol. The quantitative estimate of drug-likeness (QED) is 0.494. The first kappa shape index (κ1) is 11.0. The fourth-order valence-corrected chi connectivity index (χ4v) is 1.36. The fourth-order valence-electron chi connectivity index (χ4n) is 1.36. The Bertz CT molecular complexity index is 204. The zero-order valence-corrected chi connectivity index (χ0v) is 8.78. The van der Waals surface area contributed by atoms with Gasteiger partial charge in [0.2, 0.25) is 0 Å². The van der Waals surface area contributed by atoms with E-state index in [4.69, 9.17) is 0 Å². The maximum atomic E-state index is 3.16. The molecule has 0 nitrogen and oxygen atoms in total. The molecule has 1 rings (SSSR count). The maximum absolute atomic E-state index is 3.16. The van der Waals surface area contributed by atoms with E-state index in [1.54, 1.807) is 0 Å². The smallest absolute Gasteiger partial charge is 0.0227 e. The molecule has 0 aliphatic heterocycles. The highest BCUT2D eigenvalue weighted by molar-refractivity contribution is 5.07. The van der Waals surface area contributed by atoms with Crippen LogP contribution in [0.4, 0.5) is 0 Å². The summed E-state index contributed by atoms with van der Waals surface area (Å²) in [6.07, 6.45) is 25.5. The van der Waals surface area contributed by atoms with Gasteiger partial charge in [0.1, 0.15) is 0 Å². The molecule has 1 radical (unpaired) electrons. The van der Waals surface area contributed by atoms with Crippen molar-refractivity contribution in [2.45, 2.75) is 38.5 Å². The van der Waals surface area contributed by atoms with E-state index < -0.39 is 0 Å². The van der Waals surface area contributed by atoms with Crippen LogP contribution in [0.15, 0.2) is 42.5 Å². The molecule has 0 saturated carbocycles. The Morgan fingerprint density at radius 2 is 1.43 bits per heavy atom. The summed E-state index contributed by atoms with van der Waals surface area (Å²) in [5.74, 6) is 0. The summed E-state index contributed by atoms with van der Waals surface area (Å²) in [7, 11) is 0. The minimum absolute atomic E-state index is 1.14. The molecule has 0 unspecified atom stereocenters. The van der Waals surface area contributed by atoms with Crippen LogP contribution in [-0.2, 0) is 0 Å².